The van der Waals surface area contributed by atoms with Crippen molar-refractivity contribution in [2.75, 3.05) is 13.1 Å². The van der Waals surface area contributed by atoms with E-state index in [1.54, 1.807) is 0 Å². The predicted octanol–water partition coefficient (Wildman–Crippen LogP) is 4.72. The molecule has 1 amide bonds. The highest BCUT2D eigenvalue weighted by Crippen LogP contribution is 2.08. The zero-order valence-corrected chi connectivity index (χ0v) is 13.5. The van der Waals surface area contributed by atoms with Crippen molar-refractivity contribution >= 4 is 5.91 Å². The molecule has 0 rings (SSSR count). The van der Waals surface area contributed by atoms with Crippen LogP contribution in [-0.2, 0) is 4.79 Å². The van der Waals surface area contributed by atoms with Gasteiger partial charge in [-0.15, -0.1) is 0 Å². The Morgan fingerprint density at radius 1 is 1.00 bits per heavy atom. The van der Waals surface area contributed by atoms with Gasteiger partial charge in [-0.05, 0) is 46.5 Å². The second-order valence-corrected chi connectivity index (χ2v) is 5.46. The van der Waals surface area contributed by atoms with Crippen molar-refractivity contribution < 1.29 is 4.79 Å². The van der Waals surface area contributed by atoms with E-state index in [2.05, 4.69) is 46.8 Å². The molecule has 2 nitrogen and oxygen atoms in total. The van der Waals surface area contributed by atoms with Gasteiger partial charge in [-0.1, -0.05) is 37.1 Å². The SMILES string of the molecule is CCCC(=O)N(CC=C(C)CCC=C(C)C)CCC. The Balaban J connectivity index is 4.27. The topological polar surface area (TPSA) is 20.3 Å². The molecule has 0 heterocycles. The Hall–Kier alpha value is -1.05. The number of allylic oxidation sites excluding steroid dienone is 3. The van der Waals surface area contributed by atoms with E-state index < -0.39 is 0 Å². The molecule has 110 valence electrons. The van der Waals surface area contributed by atoms with Gasteiger partial charge in [0.05, 0.1) is 0 Å². The second-order valence-electron chi connectivity index (χ2n) is 5.46. The molecule has 0 aliphatic carbocycles. The molecule has 0 aromatic rings. The summed E-state index contributed by atoms with van der Waals surface area (Å²) in [5.74, 6) is 0.290. The van der Waals surface area contributed by atoms with Gasteiger partial charge in [-0.25, -0.2) is 0 Å². The van der Waals surface area contributed by atoms with E-state index in [-0.39, 0.29) is 5.91 Å². The number of carbonyl (C=O) groups excluding carboxylic acids is 1. The van der Waals surface area contributed by atoms with E-state index in [4.69, 9.17) is 0 Å². The second kappa shape index (κ2) is 10.8. The summed E-state index contributed by atoms with van der Waals surface area (Å²) in [5.41, 5.74) is 2.75. The first-order chi connectivity index (χ1) is 9.01. The van der Waals surface area contributed by atoms with Gasteiger partial charge in [0.2, 0.25) is 5.91 Å². The molecule has 2 heteroatoms. The van der Waals surface area contributed by atoms with Crippen molar-refractivity contribution in [2.45, 2.75) is 66.7 Å². The van der Waals surface area contributed by atoms with Crippen LogP contribution >= 0.6 is 0 Å². The van der Waals surface area contributed by atoms with Crippen LogP contribution < -0.4 is 0 Å². The minimum absolute atomic E-state index is 0.290. The summed E-state index contributed by atoms with van der Waals surface area (Å²) in [6.45, 7) is 12.2. The first-order valence-electron chi connectivity index (χ1n) is 7.58. The molecular weight excluding hydrogens is 234 g/mol. The molecule has 0 aromatic carbocycles. The van der Waals surface area contributed by atoms with E-state index in [1.165, 1.54) is 11.1 Å². The molecule has 0 fully saturated rings. The van der Waals surface area contributed by atoms with Crippen LogP contribution in [0.3, 0.4) is 0 Å². The summed E-state index contributed by atoms with van der Waals surface area (Å²) in [6.07, 6.45) is 9.30. The number of hydrogen-bond donors (Lipinski definition) is 0. The van der Waals surface area contributed by atoms with Gasteiger partial charge in [0.1, 0.15) is 0 Å². The molecule has 0 spiro atoms. The molecule has 0 aliphatic rings. The van der Waals surface area contributed by atoms with Gasteiger partial charge in [-0.2, -0.15) is 0 Å². The largest absolute Gasteiger partial charge is 0.339 e. The predicted molar refractivity (Wildman–Crippen MR) is 84.2 cm³/mol. The summed E-state index contributed by atoms with van der Waals surface area (Å²) >= 11 is 0. The van der Waals surface area contributed by atoms with Crippen LogP contribution in [0.25, 0.3) is 0 Å². The van der Waals surface area contributed by atoms with E-state index in [1.807, 2.05) is 4.90 Å². The summed E-state index contributed by atoms with van der Waals surface area (Å²) in [5, 5.41) is 0. The monoisotopic (exact) mass is 265 g/mol. The molecule has 0 unspecified atom stereocenters. The lowest BCUT2D eigenvalue weighted by molar-refractivity contribution is -0.130. The smallest absolute Gasteiger partial charge is 0.222 e. The molecular formula is C17H31NO. The zero-order valence-electron chi connectivity index (χ0n) is 13.5. The minimum atomic E-state index is 0.290. The number of amides is 1. The van der Waals surface area contributed by atoms with Crippen LogP contribution in [0.4, 0.5) is 0 Å². The van der Waals surface area contributed by atoms with Crippen LogP contribution in [0.1, 0.15) is 66.7 Å². The first kappa shape index (κ1) is 17.9. The third-order valence-corrected chi connectivity index (χ3v) is 3.06. The van der Waals surface area contributed by atoms with Gasteiger partial charge in [-0.3, -0.25) is 4.79 Å². The summed E-state index contributed by atoms with van der Waals surface area (Å²) in [6, 6.07) is 0. The normalized spacial score (nSPS) is 11.3. The van der Waals surface area contributed by atoms with Crippen LogP contribution in [-0.4, -0.2) is 23.9 Å². The highest BCUT2D eigenvalue weighted by atomic mass is 16.2. The molecule has 0 aliphatic heterocycles. The molecule has 0 saturated heterocycles. The lowest BCUT2D eigenvalue weighted by atomic mass is 10.1. The Morgan fingerprint density at radius 2 is 1.68 bits per heavy atom. The maximum absolute atomic E-state index is 11.9. The Bertz CT molecular complexity index is 311. The molecule has 0 saturated carbocycles. The third kappa shape index (κ3) is 9.52. The Kier molecular flexibility index (Phi) is 10.2. The number of hydrogen-bond acceptors (Lipinski definition) is 1. The molecule has 0 N–H and O–H groups in total. The molecule has 19 heavy (non-hydrogen) atoms. The fourth-order valence-corrected chi connectivity index (χ4v) is 1.92. The number of rotatable bonds is 9. The van der Waals surface area contributed by atoms with Gasteiger partial charge >= 0.3 is 0 Å². The molecule has 0 aromatic heterocycles. The van der Waals surface area contributed by atoms with E-state index in [9.17, 15) is 4.79 Å². The number of carbonyl (C=O) groups is 1. The van der Waals surface area contributed by atoms with Gasteiger partial charge in [0.15, 0.2) is 0 Å². The molecule has 0 bridgehead atoms. The maximum atomic E-state index is 11.9. The van der Waals surface area contributed by atoms with E-state index >= 15 is 0 Å². The molecule has 0 radical (unpaired) electrons. The van der Waals surface area contributed by atoms with E-state index in [0.717, 1.165) is 38.8 Å². The third-order valence-electron chi connectivity index (χ3n) is 3.06. The fourth-order valence-electron chi connectivity index (χ4n) is 1.92. The average Bonchev–Trinajstić information content (AvgIpc) is 2.34. The summed E-state index contributed by atoms with van der Waals surface area (Å²) in [7, 11) is 0. The van der Waals surface area contributed by atoms with Crippen LogP contribution in [0.2, 0.25) is 0 Å². The lowest BCUT2D eigenvalue weighted by Crippen LogP contribution is -2.31. The highest BCUT2D eigenvalue weighted by molar-refractivity contribution is 5.76. The van der Waals surface area contributed by atoms with Crippen molar-refractivity contribution in [1.29, 1.82) is 0 Å². The zero-order chi connectivity index (χ0) is 14.7. The van der Waals surface area contributed by atoms with Crippen molar-refractivity contribution in [1.82, 2.24) is 4.90 Å². The summed E-state index contributed by atoms with van der Waals surface area (Å²) < 4.78 is 0. The Morgan fingerprint density at radius 3 is 2.21 bits per heavy atom. The van der Waals surface area contributed by atoms with Crippen LogP contribution in [0.15, 0.2) is 23.3 Å². The highest BCUT2D eigenvalue weighted by Gasteiger charge is 2.09. The first-order valence-corrected chi connectivity index (χ1v) is 7.58. The quantitative estimate of drug-likeness (QED) is 0.552. The number of nitrogens with zero attached hydrogens (tertiary/aromatic N) is 1. The lowest BCUT2D eigenvalue weighted by Gasteiger charge is -2.20. The fraction of sp³-hybridized carbons (Fsp3) is 0.706. The van der Waals surface area contributed by atoms with Gasteiger partial charge < -0.3 is 4.90 Å². The Labute approximate surface area is 119 Å². The van der Waals surface area contributed by atoms with Crippen LogP contribution in [0, 0.1) is 0 Å². The minimum Gasteiger partial charge on any atom is -0.339 e. The standard InChI is InChI=1S/C17H31NO/c1-6-9-17(19)18(13-7-2)14-12-16(5)11-8-10-15(3)4/h10,12H,6-9,11,13-14H2,1-5H3. The maximum Gasteiger partial charge on any atom is 0.222 e. The van der Waals surface area contributed by atoms with Crippen molar-refractivity contribution in [3.8, 4) is 0 Å². The van der Waals surface area contributed by atoms with Crippen LogP contribution in [0.5, 0.6) is 0 Å². The molecule has 0 atom stereocenters. The average molecular weight is 265 g/mol. The summed E-state index contributed by atoms with van der Waals surface area (Å²) in [4.78, 5) is 13.9. The van der Waals surface area contributed by atoms with Gasteiger partial charge in [0, 0.05) is 19.5 Å². The van der Waals surface area contributed by atoms with Gasteiger partial charge in [0.25, 0.3) is 0 Å². The van der Waals surface area contributed by atoms with Crippen molar-refractivity contribution in [2.24, 2.45) is 0 Å². The van der Waals surface area contributed by atoms with E-state index in [0.29, 0.717) is 6.42 Å². The van der Waals surface area contributed by atoms with Crippen molar-refractivity contribution in [3.63, 3.8) is 0 Å². The van der Waals surface area contributed by atoms with Crippen molar-refractivity contribution in [3.05, 3.63) is 23.3 Å².